The highest BCUT2D eigenvalue weighted by atomic mass is 35.5. The van der Waals surface area contributed by atoms with E-state index in [0.717, 1.165) is 0 Å². The van der Waals surface area contributed by atoms with E-state index in [2.05, 4.69) is 0 Å². The van der Waals surface area contributed by atoms with Gasteiger partial charge in [-0.25, -0.2) is 0 Å². The molecule has 1 N–H and O–H groups in total. The van der Waals surface area contributed by atoms with Crippen LogP contribution in [-0.2, 0) is 14.4 Å². The van der Waals surface area contributed by atoms with Crippen LogP contribution in [0.1, 0.15) is 19.3 Å². The van der Waals surface area contributed by atoms with E-state index in [4.69, 9.17) is 16.7 Å². The smallest absolute Gasteiger partial charge is 0.308 e. The van der Waals surface area contributed by atoms with Gasteiger partial charge in [0.1, 0.15) is 0 Å². The van der Waals surface area contributed by atoms with Crippen molar-refractivity contribution in [1.29, 1.82) is 0 Å². The van der Waals surface area contributed by atoms with Gasteiger partial charge in [0, 0.05) is 26.1 Å². The highest BCUT2D eigenvalue weighted by Crippen LogP contribution is 2.32. The topological polar surface area (TPSA) is 77.9 Å². The average molecular weight is 351 g/mol. The molecule has 0 aliphatic carbocycles. The molecule has 2 aliphatic rings. The van der Waals surface area contributed by atoms with Gasteiger partial charge in [0.05, 0.1) is 22.5 Å². The Labute approximate surface area is 145 Å². The maximum atomic E-state index is 12.7. The molecule has 128 valence electrons. The minimum absolute atomic E-state index is 0.131. The number of carbonyl (C=O) groups excluding carboxylic acids is 2. The van der Waals surface area contributed by atoms with Crippen molar-refractivity contribution in [2.75, 3.05) is 24.5 Å². The lowest BCUT2D eigenvalue weighted by Crippen LogP contribution is -2.45. The molecule has 0 unspecified atom stereocenters. The fourth-order valence-electron chi connectivity index (χ4n) is 3.41. The lowest BCUT2D eigenvalue weighted by molar-refractivity contribution is -0.146. The zero-order valence-electron chi connectivity index (χ0n) is 13.2. The standard InChI is InChI=1S/C17H19ClN2O4/c18-13-5-1-2-6-14(13)20-10-12(8-15(20)21)16(22)19-7-3-4-11(9-19)17(23)24/h1-2,5-6,11-12H,3-4,7-10H2,(H,23,24)/t11-,12+/m1/s1. The van der Waals surface area contributed by atoms with Crippen molar-refractivity contribution in [3.05, 3.63) is 29.3 Å². The van der Waals surface area contributed by atoms with Crippen molar-refractivity contribution in [2.45, 2.75) is 19.3 Å². The predicted molar refractivity (Wildman–Crippen MR) is 88.9 cm³/mol. The first-order chi connectivity index (χ1) is 11.5. The molecule has 3 rings (SSSR count). The van der Waals surface area contributed by atoms with E-state index in [-0.39, 0.29) is 31.3 Å². The number of carboxylic acids is 1. The first-order valence-electron chi connectivity index (χ1n) is 8.04. The zero-order chi connectivity index (χ0) is 17.3. The summed E-state index contributed by atoms with van der Waals surface area (Å²) in [5.74, 6) is -2.09. The molecule has 6 nitrogen and oxygen atoms in total. The number of hydrogen-bond acceptors (Lipinski definition) is 3. The Morgan fingerprint density at radius 3 is 2.62 bits per heavy atom. The molecule has 0 bridgehead atoms. The van der Waals surface area contributed by atoms with Crippen LogP contribution in [0.5, 0.6) is 0 Å². The Morgan fingerprint density at radius 1 is 1.17 bits per heavy atom. The number of benzene rings is 1. The molecule has 2 heterocycles. The summed E-state index contributed by atoms with van der Waals surface area (Å²) < 4.78 is 0. The number of carbonyl (C=O) groups is 3. The summed E-state index contributed by atoms with van der Waals surface area (Å²) in [6.07, 6.45) is 1.41. The van der Waals surface area contributed by atoms with Crippen LogP contribution in [0.2, 0.25) is 5.02 Å². The quantitative estimate of drug-likeness (QED) is 0.904. The fourth-order valence-corrected chi connectivity index (χ4v) is 3.65. The molecule has 2 saturated heterocycles. The van der Waals surface area contributed by atoms with Gasteiger partial charge in [0.2, 0.25) is 11.8 Å². The number of nitrogens with zero attached hydrogens (tertiary/aromatic N) is 2. The number of hydrogen-bond donors (Lipinski definition) is 1. The van der Waals surface area contributed by atoms with Gasteiger partial charge in [-0.15, -0.1) is 0 Å². The fraction of sp³-hybridized carbons (Fsp3) is 0.471. The molecule has 1 aromatic rings. The number of amides is 2. The van der Waals surface area contributed by atoms with Crippen LogP contribution in [0.25, 0.3) is 0 Å². The molecule has 0 saturated carbocycles. The van der Waals surface area contributed by atoms with Crippen molar-refractivity contribution in [2.24, 2.45) is 11.8 Å². The van der Waals surface area contributed by atoms with Gasteiger partial charge in [-0.3, -0.25) is 14.4 Å². The van der Waals surface area contributed by atoms with Crippen molar-refractivity contribution < 1.29 is 19.5 Å². The number of anilines is 1. The molecule has 2 amide bonds. The maximum Gasteiger partial charge on any atom is 0.308 e. The predicted octanol–water partition coefficient (Wildman–Crippen LogP) is 2.02. The van der Waals surface area contributed by atoms with E-state index in [1.807, 2.05) is 0 Å². The SMILES string of the molecule is O=C(O)[C@@H]1CCCN(C(=O)[C@H]2CC(=O)N(c3ccccc3Cl)C2)C1. The van der Waals surface area contributed by atoms with E-state index < -0.39 is 17.8 Å². The Morgan fingerprint density at radius 2 is 1.92 bits per heavy atom. The van der Waals surface area contributed by atoms with Crippen LogP contribution >= 0.6 is 11.6 Å². The molecule has 2 atom stereocenters. The third-order valence-corrected chi connectivity index (χ3v) is 5.02. The lowest BCUT2D eigenvalue weighted by Gasteiger charge is -2.32. The number of carboxylic acid groups (broad SMARTS) is 1. The van der Waals surface area contributed by atoms with Crippen molar-refractivity contribution >= 4 is 35.1 Å². The molecule has 0 spiro atoms. The molecule has 1 aromatic carbocycles. The third kappa shape index (κ3) is 3.24. The summed E-state index contributed by atoms with van der Waals surface area (Å²) in [4.78, 5) is 39.3. The lowest BCUT2D eigenvalue weighted by atomic mass is 9.96. The number of piperidine rings is 1. The first kappa shape index (κ1) is 16.8. The molecule has 0 radical (unpaired) electrons. The van der Waals surface area contributed by atoms with E-state index >= 15 is 0 Å². The van der Waals surface area contributed by atoms with E-state index in [1.54, 1.807) is 34.1 Å². The number of para-hydroxylation sites is 1. The normalized spacial score (nSPS) is 24.3. The second kappa shape index (κ2) is 6.81. The molecule has 2 aliphatic heterocycles. The highest BCUT2D eigenvalue weighted by molar-refractivity contribution is 6.33. The van der Waals surface area contributed by atoms with Crippen molar-refractivity contribution in [3.63, 3.8) is 0 Å². The largest absolute Gasteiger partial charge is 0.481 e. The number of likely N-dealkylation sites (tertiary alicyclic amines) is 1. The summed E-state index contributed by atoms with van der Waals surface area (Å²) in [6, 6.07) is 7.05. The third-order valence-electron chi connectivity index (χ3n) is 4.70. The molecular formula is C17H19ClN2O4. The van der Waals surface area contributed by atoms with Crippen molar-refractivity contribution in [3.8, 4) is 0 Å². The monoisotopic (exact) mass is 350 g/mol. The van der Waals surface area contributed by atoms with Gasteiger partial charge in [0.25, 0.3) is 0 Å². The van der Waals surface area contributed by atoms with E-state index in [9.17, 15) is 14.4 Å². The number of halogens is 1. The van der Waals surface area contributed by atoms with Gasteiger partial charge in [0.15, 0.2) is 0 Å². The Kier molecular flexibility index (Phi) is 4.76. The summed E-state index contributed by atoms with van der Waals surface area (Å²) in [5, 5.41) is 9.63. The maximum absolute atomic E-state index is 12.7. The molecule has 24 heavy (non-hydrogen) atoms. The molecule has 2 fully saturated rings. The van der Waals surface area contributed by atoms with Crippen LogP contribution in [0.4, 0.5) is 5.69 Å². The minimum atomic E-state index is -0.868. The van der Waals surface area contributed by atoms with E-state index in [1.165, 1.54) is 0 Å². The van der Waals surface area contributed by atoms with Gasteiger partial charge in [-0.1, -0.05) is 23.7 Å². The summed E-state index contributed by atoms with van der Waals surface area (Å²) in [5.41, 5.74) is 0.613. The second-order valence-electron chi connectivity index (χ2n) is 6.32. The minimum Gasteiger partial charge on any atom is -0.481 e. The summed E-state index contributed by atoms with van der Waals surface area (Å²) in [7, 11) is 0. The highest BCUT2D eigenvalue weighted by Gasteiger charge is 2.39. The van der Waals surface area contributed by atoms with Gasteiger partial charge in [-0.05, 0) is 25.0 Å². The van der Waals surface area contributed by atoms with Crippen LogP contribution in [-0.4, -0.2) is 47.4 Å². The Hall–Kier alpha value is -2.08. The second-order valence-corrected chi connectivity index (χ2v) is 6.73. The van der Waals surface area contributed by atoms with Crippen LogP contribution < -0.4 is 4.90 Å². The van der Waals surface area contributed by atoms with E-state index in [0.29, 0.717) is 30.1 Å². The Balaban J connectivity index is 1.70. The van der Waals surface area contributed by atoms with Crippen molar-refractivity contribution in [1.82, 2.24) is 4.90 Å². The summed E-state index contributed by atoms with van der Waals surface area (Å²) in [6.45, 7) is 1.07. The first-order valence-corrected chi connectivity index (χ1v) is 8.41. The zero-order valence-corrected chi connectivity index (χ0v) is 13.9. The molecule has 7 heteroatoms. The van der Waals surface area contributed by atoms with Crippen LogP contribution in [0.3, 0.4) is 0 Å². The van der Waals surface area contributed by atoms with Crippen LogP contribution in [0.15, 0.2) is 24.3 Å². The molecule has 0 aromatic heterocycles. The Bertz CT molecular complexity index is 678. The number of aliphatic carboxylic acids is 1. The van der Waals surface area contributed by atoms with Crippen LogP contribution in [0, 0.1) is 11.8 Å². The van der Waals surface area contributed by atoms with Gasteiger partial charge in [-0.2, -0.15) is 0 Å². The molecular weight excluding hydrogens is 332 g/mol. The van der Waals surface area contributed by atoms with Gasteiger partial charge >= 0.3 is 5.97 Å². The van der Waals surface area contributed by atoms with Gasteiger partial charge < -0.3 is 14.9 Å². The summed E-state index contributed by atoms with van der Waals surface area (Å²) >= 11 is 6.15. The average Bonchev–Trinajstić information content (AvgIpc) is 2.96. The number of rotatable bonds is 3.